The number of carbonyl (C=O) groups excluding carboxylic acids is 3. The van der Waals surface area contributed by atoms with Gasteiger partial charge in [-0.05, 0) is 47.6 Å². The first-order valence-corrected chi connectivity index (χ1v) is 10.3. The topological polar surface area (TPSA) is 75.7 Å². The van der Waals surface area contributed by atoms with E-state index >= 15 is 0 Å². The third kappa shape index (κ3) is 3.58. The monoisotopic (exact) mass is 406 g/mol. The standard InChI is InChI=1S/C24H26N2O4/c1-4-24(2,3)16-8-10-17(11-9-16)30-19-7-5-6-15-14-26(23(29)21(15)19)18-12-13-20(27)25-22(18)28/h5-11,18H,4,12-14H2,1-3H3,(H,25,27,28). The van der Waals surface area contributed by atoms with E-state index in [9.17, 15) is 14.4 Å². The van der Waals surface area contributed by atoms with Gasteiger partial charge in [-0.25, -0.2) is 0 Å². The van der Waals surface area contributed by atoms with Crippen molar-refractivity contribution in [3.8, 4) is 11.5 Å². The summed E-state index contributed by atoms with van der Waals surface area (Å²) in [4.78, 5) is 38.4. The molecule has 30 heavy (non-hydrogen) atoms. The fourth-order valence-electron chi connectivity index (χ4n) is 3.97. The molecular formula is C24H26N2O4. The Morgan fingerprint density at radius 1 is 1.10 bits per heavy atom. The van der Waals surface area contributed by atoms with Gasteiger partial charge in [0.15, 0.2) is 0 Å². The third-order valence-corrected chi connectivity index (χ3v) is 6.26. The number of hydrogen-bond acceptors (Lipinski definition) is 4. The molecule has 0 saturated carbocycles. The van der Waals surface area contributed by atoms with Crippen molar-refractivity contribution in [1.29, 1.82) is 0 Å². The zero-order valence-electron chi connectivity index (χ0n) is 17.5. The normalized spacial score (nSPS) is 19.0. The SMILES string of the molecule is CCC(C)(C)c1ccc(Oc2cccc3c2C(=O)N(C2CCC(=O)NC2=O)C3)cc1. The molecule has 2 aliphatic rings. The highest BCUT2D eigenvalue weighted by Gasteiger charge is 2.40. The van der Waals surface area contributed by atoms with Crippen LogP contribution in [-0.2, 0) is 21.5 Å². The molecule has 0 bridgehead atoms. The number of rotatable bonds is 5. The average Bonchev–Trinajstić information content (AvgIpc) is 3.06. The van der Waals surface area contributed by atoms with Crippen molar-refractivity contribution >= 4 is 17.7 Å². The van der Waals surface area contributed by atoms with Crippen molar-refractivity contribution in [2.45, 2.75) is 58.0 Å². The Morgan fingerprint density at radius 3 is 2.50 bits per heavy atom. The highest BCUT2D eigenvalue weighted by Crippen LogP contribution is 2.36. The first-order chi connectivity index (χ1) is 14.3. The number of piperidine rings is 1. The van der Waals surface area contributed by atoms with Gasteiger partial charge in [0.2, 0.25) is 11.8 Å². The molecule has 6 heteroatoms. The van der Waals surface area contributed by atoms with Crippen LogP contribution in [0.2, 0.25) is 0 Å². The van der Waals surface area contributed by atoms with Crippen LogP contribution in [0.4, 0.5) is 0 Å². The summed E-state index contributed by atoms with van der Waals surface area (Å²) in [5.74, 6) is 0.197. The first-order valence-electron chi connectivity index (χ1n) is 10.3. The van der Waals surface area contributed by atoms with Gasteiger partial charge in [-0.3, -0.25) is 19.7 Å². The minimum absolute atomic E-state index is 0.0882. The molecule has 156 valence electrons. The number of nitrogens with one attached hydrogen (secondary N) is 1. The predicted octanol–water partition coefficient (Wildman–Crippen LogP) is 3.93. The van der Waals surface area contributed by atoms with Crippen molar-refractivity contribution in [1.82, 2.24) is 10.2 Å². The molecule has 0 spiro atoms. The van der Waals surface area contributed by atoms with Crippen LogP contribution in [0.15, 0.2) is 42.5 Å². The number of benzene rings is 2. The Morgan fingerprint density at radius 2 is 1.83 bits per heavy atom. The minimum atomic E-state index is -0.633. The molecule has 6 nitrogen and oxygen atoms in total. The summed E-state index contributed by atoms with van der Waals surface area (Å²) in [6, 6.07) is 12.8. The fraction of sp³-hybridized carbons (Fsp3) is 0.375. The van der Waals surface area contributed by atoms with E-state index in [-0.39, 0.29) is 23.7 Å². The van der Waals surface area contributed by atoms with Crippen LogP contribution in [0.5, 0.6) is 11.5 Å². The van der Waals surface area contributed by atoms with E-state index in [1.807, 2.05) is 24.3 Å². The second kappa shape index (κ2) is 7.59. The molecule has 3 amide bonds. The van der Waals surface area contributed by atoms with Crippen LogP contribution in [0.25, 0.3) is 0 Å². The summed E-state index contributed by atoms with van der Waals surface area (Å²) in [6.07, 6.45) is 1.61. The lowest BCUT2D eigenvalue weighted by Gasteiger charge is -2.29. The summed E-state index contributed by atoms with van der Waals surface area (Å²) < 4.78 is 6.07. The predicted molar refractivity (Wildman–Crippen MR) is 112 cm³/mol. The molecule has 2 heterocycles. The van der Waals surface area contributed by atoms with Gasteiger partial charge in [0, 0.05) is 13.0 Å². The molecule has 2 aliphatic heterocycles. The lowest BCUT2D eigenvalue weighted by atomic mass is 9.82. The minimum Gasteiger partial charge on any atom is -0.457 e. The number of amides is 3. The van der Waals surface area contributed by atoms with E-state index in [0.29, 0.717) is 30.0 Å². The smallest absolute Gasteiger partial charge is 0.258 e. The number of nitrogens with zero attached hydrogens (tertiary/aromatic N) is 1. The quantitative estimate of drug-likeness (QED) is 0.764. The van der Waals surface area contributed by atoms with Crippen molar-refractivity contribution < 1.29 is 19.1 Å². The Kier molecular flexibility index (Phi) is 5.10. The maximum absolute atomic E-state index is 13.1. The van der Waals surface area contributed by atoms with Gasteiger partial charge in [0.1, 0.15) is 17.5 Å². The van der Waals surface area contributed by atoms with Crippen molar-refractivity contribution in [3.05, 3.63) is 59.2 Å². The lowest BCUT2D eigenvalue weighted by Crippen LogP contribution is -2.52. The Bertz CT molecular complexity index is 1010. The second-order valence-electron chi connectivity index (χ2n) is 8.55. The van der Waals surface area contributed by atoms with E-state index in [2.05, 4.69) is 38.2 Å². The number of imide groups is 1. The Hall–Kier alpha value is -3.15. The molecule has 0 aliphatic carbocycles. The summed E-state index contributed by atoms with van der Waals surface area (Å²) in [5.41, 5.74) is 2.63. The van der Waals surface area contributed by atoms with Gasteiger partial charge in [0.25, 0.3) is 5.91 Å². The van der Waals surface area contributed by atoms with Gasteiger partial charge < -0.3 is 9.64 Å². The van der Waals surface area contributed by atoms with E-state index in [1.165, 1.54) is 10.5 Å². The van der Waals surface area contributed by atoms with E-state index < -0.39 is 11.9 Å². The van der Waals surface area contributed by atoms with Gasteiger partial charge in [-0.15, -0.1) is 0 Å². The van der Waals surface area contributed by atoms with Gasteiger partial charge >= 0.3 is 0 Å². The molecule has 1 fully saturated rings. The first kappa shape index (κ1) is 20.1. The van der Waals surface area contributed by atoms with Gasteiger partial charge in [-0.2, -0.15) is 0 Å². The number of hydrogen-bond donors (Lipinski definition) is 1. The molecule has 0 radical (unpaired) electrons. The number of carbonyl (C=O) groups is 3. The van der Waals surface area contributed by atoms with Gasteiger partial charge in [-0.1, -0.05) is 45.0 Å². The molecule has 0 aromatic heterocycles. The van der Waals surface area contributed by atoms with Crippen LogP contribution in [-0.4, -0.2) is 28.7 Å². The highest BCUT2D eigenvalue weighted by molar-refractivity contribution is 6.06. The zero-order valence-corrected chi connectivity index (χ0v) is 17.5. The van der Waals surface area contributed by atoms with Crippen molar-refractivity contribution in [3.63, 3.8) is 0 Å². The molecule has 1 N–H and O–H groups in total. The van der Waals surface area contributed by atoms with Crippen molar-refractivity contribution in [2.24, 2.45) is 0 Å². The van der Waals surface area contributed by atoms with Crippen molar-refractivity contribution in [2.75, 3.05) is 0 Å². The molecular weight excluding hydrogens is 380 g/mol. The van der Waals surface area contributed by atoms with E-state index in [0.717, 1.165) is 12.0 Å². The summed E-state index contributed by atoms with van der Waals surface area (Å²) in [6.45, 7) is 6.91. The van der Waals surface area contributed by atoms with E-state index in [1.54, 1.807) is 6.07 Å². The summed E-state index contributed by atoms with van der Waals surface area (Å²) in [7, 11) is 0. The molecule has 1 saturated heterocycles. The number of fused-ring (bicyclic) bond motifs is 1. The Labute approximate surface area is 176 Å². The van der Waals surface area contributed by atoms with Crippen LogP contribution >= 0.6 is 0 Å². The summed E-state index contributed by atoms with van der Waals surface area (Å²) in [5, 5.41) is 2.33. The molecule has 2 aromatic carbocycles. The molecule has 2 aromatic rings. The van der Waals surface area contributed by atoms with Gasteiger partial charge in [0.05, 0.1) is 5.56 Å². The maximum atomic E-state index is 13.1. The third-order valence-electron chi connectivity index (χ3n) is 6.26. The summed E-state index contributed by atoms with van der Waals surface area (Å²) >= 11 is 0. The molecule has 4 rings (SSSR count). The lowest BCUT2D eigenvalue weighted by molar-refractivity contribution is -0.136. The number of ether oxygens (including phenoxy) is 1. The van der Waals surface area contributed by atoms with Crippen LogP contribution in [0.1, 0.15) is 61.5 Å². The van der Waals surface area contributed by atoms with Crippen LogP contribution in [0.3, 0.4) is 0 Å². The van der Waals surface area contributed by atoms with E-state index in [4.69, 9.17) is 4.74 Å². The average molecular weight is 406 g/mol. The molecule has 1 unspecified atom stereocenters. The fourth-order valence-corrected chi connectivity index (χ4v) is 3.97. The second-order valence-corrected chi connectivity index (χ2v) is 8.55. The highest BCUT2D eigenvalue weighted by atomic mass is 16.5. The maximum Gasteiger partial charge on any atom is 0.258 e. The van der Waals surface area contributed by atoms with Crippen LogP contribution in [0, 0.1) is 0 Å². The Balaban J connectivity index is 1.57. The zero-order chi connectivity index (χ0) is 21.5. The molecule has 1 atom stereocenters. The largest absolute Gasteiger partial charge is 0.457 e. The van der Waals surface area contributed by atoms with Crippen LogP contribution < -0.4 is 10.1 Å².